The third-order valence-corrected chi connectivity index (χ3v) is 11.0. The lowest BCUT2D eigenvalue weighted by atomic mass is 9.91. The van der Waals surface area contributed by atoms with Crippen molar-refractivity contribution in [2.75, 3.05) is 0 Å². The third-order valence-electron chi connectivity index (χ3n) is 8.99. The number of benzene rings is 7. The Morgan fingerprint density at radius 1 is 0.333 bits per heavy atom. The molecule has 0 aliphatic heterocycles. The molecule has 8 aromatic rings. The van der Waals surface area contributed by atoms with Crippen molar-refractivity contribution < 1.29 is 0 Å². The smallest absolute Gasteiger partial charge is 0.164 e. The zero-order valence-electron chi connectivity index (χ0n) is 27.4. The maximum atomic E-state index is 4.98. The van der Waals surface area contributed by atoms with E-state index in [4.69, 9.17) is 15.0 Å². The fraction of sp³-hybridized carbons (Fsp3) is 0.0682. The molecule has 0 aliphatic rings. The number of hydrogen-bond donors (Lipinski definition) is 0. The molecule has 0 bridgehead atoms. The van der Waals surface area contributed by atoms with Crippen LogP contribution in [0.15, 0.2) is 158 Å². The molecule has 0 aliphatic carbocycles. The molecular formula is C44H35N3Si. The Bertz CT molecular complexity index is 2370. The summed E-state index contributed by atoms with van der Waals surface area (Å²) < 4.78 is 0. The first kappa shape index (κ1) is 29.7. The van der Waals surface area contributed by atoms with Crippen molar-refractivity contribution in [1.29, 1.82) is 0 Å². The summed E-state index contributed by atoms with van der Waals surface area (Å²) in [5.74, 6) is 1.98. The van der Waals surface area contributed by atoms with E-state index >= 15 is 0 Å². The van der Waals surface area contributed by atoms with Gasteiger partial charge in [0.05, 0.1) is 8.07 Å². The van der Waals surface area contributed by atoms with Gasteiger partial charge in [0.1, 0.15) is 0 Å². The van der Waals surface area contributed by atoms with Gasteiger partial charge in [-0.2, -0.15) is 0 Å². The van der Waals surface area contributed by atoms with Crippen LogP contribution in [0.25, 0.3) is 78.0 Å². The van der Waals surface area contributed by atoms with Crippen molar-refractivity contribution in [3.63, 3.8) is 0 Å². The number of nitrogens with zero attached hydrogens (tertiary/aromatic N) is 3. The molecular weight excluding hydrogens is 599 g/mol. The van der Waals surface area contributed by atoms with Gasteiger partial charge in [0, 0.05) is 16.7 Å². The predicted octanol–water partition coefficient (Wildman–Crippen LogP) is 11.1. The zero-order valence-corrected chi connectivity index (χ0v) is 28.4. The van der Waals surface area contributed by atoms with E-state index in [1.807, 2.05) is 60.7 Å². The number of rotatable bonds is 6. The van der Waals surface area contributed by atoms with Gasteiger partial charge >= 0.3 is 0 Å². The van der Waals surface area contributed by atoms with E-state index in [9.17, 15) is 0 Å². The van der Waals surface area contributed by atoms with Crippen LogP contribution in [0.2, 0.25) is 19.6 Å². The standard InChI is InChI=1S/C44H35N3Si/c1-48(2,3)41-39-27-13-11-25-37(39)36-24-10-12-26-38(36)40(41)34-22-14-20-32(28-34)33-21-15-23-35(29-33)44-46-42(30-16-6-4-7-17-30)45-43(47-44)31-18-8-5-9-19-31/h4-29H,1-3H3. The summed E-state index contributed by atoms with van der Waals surface area (Å²) in [4.78, 5) is 14.8. The minimum absolute atomic E-state index is 0.655. The highest BCUT2D eigenvalue weighted by Crippen LogP contribution is 2.37. The molecule has 4 heteroatoms. The van der Waals surface area contributed by atoms with Gasteiger partial charge in [0.2, 0.25) is 0 Å². The average Bonchev–Trinajstić information content (AvgIpc) is 3.14. The lowest BCUT2D eigenvalue weighted by molar-refractivity contribution is 1.07. The Morgan fingerprint density at radius 2 is 0.708 bits per heavy atom. The van der Waals surface area contributed by atoms with Crippen molar-refractivity contribution >= 4 is 34.8 Å². The van der Waals surface area contributed by atoms with Crippen LogP contribution in [0, 0.1) is 0 Å². The molecule has 8 rings (SSSR count). The molecule has 7 aromatic carbocycles. The molecule has 0 N–H and O–H groups in total. The molecule has 48 heavy (non-hydrogen) atoms. The summed E-state index contributed by atoms with van der Waals surface area (Å²) >= 11 is 0. The largest absolute Gasteiger partial charge is 0.208 e. The summed E-state index contributed by atoms with van der Waals surface area (Å²) in [5, 5.41) is 6.83. The van der Waals surface area contributed by atoms with Crippen molar-refractivity contribution in [3.05, 3.63) is 158 Å². The maximum Gasteiger partial charge on any atom is 0.164 e. The highest BCUT2D eigenvalue weighted by molar-refractivity contribution is 6.91. The predicted molar refractivity (Wildman–Crippen MR) is 205 cm³/mol. The summed E-state index contributed by atoms with van der Waals surface area (Å²) in [7, 11) is -1.78. The monoisotopic (exact) mass is 633 g/mol. The topological polar surface area (TPSA) is 38.7 Å². The molecule has 0 saturated heterocycles. The normalized spacial score (nSPS) is 11.6. The van der Waals surface area contributed by atoms with E-state index in [2.05, 4.69) is 117 Å². The number of hydrogen-bond acceptors (Lipinski definition) is 3. The minimum Gasteiger partial charge on any atom is -0.208 e. The van der Waals surface area contributed by atoms with E-state index in [0.717, 1.165) is 27.8 Å². The van der Waals surface area contributed by atoms with Crippen molar-refractivity contribution in [1.82, 2.24) is 15.0 Å². The molecule has 1 aromatic heterocycles. The van der Waals surface area contributed by atoms with Crippen LogP contribution in [-0.4, -0.2) is 23.0 Å². The first-order valence-corrected chi connectivity index (χ1v) is 20.0. The summed E-state index contributed by atoms with van der Waals surface area (Å²) in [6.07, 6.45) is 0. The molecule has 1 heterocycles. The van der Waals surface area contributed by atoms with Gasteiger partial charge in [0.15, 0.2) is 17.5 Å². The van der Waals surface area contributed by atoms with Gasteiger partial charge in [-0.25, -0.2) is 15.0 Å². The third kappa shape index (κ3) is 5.50. The Labute approximate surface area is 282 Å². The second kappa shape index (κ2) is 12.1. The first-order valence-electron chi connectivity index (χ1n) is 16.5. The Morgan fingerprint density at radius 3 is 1.25 bits per heavy atom. The zero-order chi connectivity index (χ0) is 32.7. The van der Waals surface area contributed by atoms with E-state index in [1.54, 1.807) is 0 Å². The first-order chi connectivity index (χ1) is 23.4. The molecule has 0 spiro atoms. The van der Waals surface area contributed by atoms with E-state index in [-0.39, 0.29) is 0 Å². The van der Waals surface area contributed by atoms with Gasteiger partial charge in [-0.05, 0) is 61.1 Å². The fourth-order valence-corrected chi connectivity index (χ4v) is 8.90. The summed E-state index contributed by atoms with van der Waals surface area (Å²) in [5.41, 5.74) is 7.76. The SMILES string of the molecule is C[Si](C)(C)c1c(-c2cccc(-c3cccc(-c4nc(-c5ccccc5)nc(-c5ccccc5)n4)c3)c2)c2ccccc2c2ccccc12. The van der Waals surface area contributed by atoms with Gasteiger partial charge in [-0.1, -0.05) is 165 Å². The number of aromatic nitrogens is 3. The van der Waals surface area contributed by atoms with Crippen LogP contribution < -0.4 is 5.19 Å². The van der Waals surface area contributed by atoms with Crippen LogP contribution >= 0.6 is 0 Å². The van der Waals surface area contributed by atoms with Gasteiger partial charge < -0.3 is 0 Å². The second-order valence-electron chi connectivity index (χ2n) is 13.3. The van der Waals surface area contributed by atoms with Crippen molar-refractivity contribution in [2.24, 2.45) is 0 Å². The molecule has 0 radical (unpaired) electrons. The lowest BCUT2D eigenvalue weighted by Crippen LogP contribution is -2.39. The fourth-order valence-electron chi connectivity index (χ4n) is 6.85. The van der Waals surface area contributed by atoms with Crippen molar-refractivity contribution in [3.8, 4) is 56.4 Å². The number of fused-ring (bicyclic) bond motifs is 3. The van der Waals surface area contributed by atoms with Crippen LogP contribution in [0.4, 0.5) is 0 Å². The summed E-state index contributed by atoms with van der Waals surface area (Å²) in [6.45, 7) is 7.38. The van der Waals surface area contributed by atoms with Gasteiger partial charge in [-0.15, -0.1) is 0 Å². The van der Waals surface area contributed by atoms with Crippen LogP contribution in [0.3, 0.4) is 0 Å². The molecule has 230 valence electrons. The molecule has 3 nitrogen and oxygen atoms in total. The van der Waals surface area contributed by atoms with Crippen molar-refractivity contribution in [2.45, 2.75) is 19.6 Å². The Kier molecular flexibility index (Phi) is 7.51. The molecule has 0 unspecified atom stereocenters. The van der Waals surface area contributed by atoms with Crippen LogP contribution in [-0.2, 0) is 0 Å². The van der Waals surface area contributed by atoms with Crippen LogP contribution in [0.1, 0.15) is 0 Å². The Balaban J connectivity index is 1.29. The highest BCUT2D eigenvalue weighted by atomic mass is 28.3. The Hall–Kier alpha value is -5.71. The average molecular weight is 634 g/mol. The lowest BCUT2D eigenvalue weighted by Gasteiger charge is -2.26. The quantitative estimate of drug-likeness (QED) is 0.135. The highest BCUT2D eigenvalue weighted by Gasteiger charge is 2.26. The second-order valence-corrected chi connectivity index (χ2v) is 18.3. The van der Waals surface area contributed by atoms with E-state index < -0.39 is 8.07 Å². The molecule has 0 atom stereocenters. The minimum atomic E-state index is -1.78. The van der Waals surface area contributed by atoms with Gasteiger partial charge in [0.25, 0.3) is 0 Å². The molecule has 0 fully saturated rings. The van der Waals surface area contributed by atoms with Gasteiger partial charge in [-0.3, -0.25) is 0 Å². The summed E-state index contributed by atoms with van der Waals surface area (Å²) in [6, 6.07) is 55.7. The molecule has 0 amide bonds. The van der Waals surface area contributed by atoms with E-state index in [0.29, 0.717) is 17.5 Å². The maximum absolute atomic E-state index is 4.98. The van der Waals surface area contributed by atoms with E-state index in [1.165, 1.54) is 37.9 Å². The molecule has 0 saturated carbocycles. The van der Waals surface area contributed by atoms with Crippen LogP contribution in [0.5, 0.6) is 0 Å².